The number of hydrogen-bond acceptors (Lipinski definition) is 7. The first kappa shape index (κ1) is 18.0. The van der Waals surface area contributed by atoms with Crippen molar-refractivity contribution in [1.82, 2.24) is 25.1 Å². The molecule has 0 saturated carbocycles. The van der Waals surface area contributed by atoms with Crippen molar-refractivity contribution in [3.8, 4) is 11.4 Å². The van der Waals surface area contributed by atoms with E-state index in [0.717, 1.165) is 5.56 Å². The number of aliphatic hydroxyl groups is 2. The van der Waals surface area contributed by atoms with Crippen LogP contribution in [0.1, 0.15) is 29.6 Å². The van der Waals surface area contributed by atoms with E-state index >= 15 is 0 Å². The first-order valence-corrected chi connectivity index (χ1v) is 9.12. The van der Waals surface area contributed by atoms with Crippen molar-refractivity contribution < 1.29 is 19.7 Å². The Hall–Kier alpha value is -2.36. The molecule has 0 bridgehead atoms. The van der Waals surface area contributed by atoms with Crippen LogP contribution in [0.25, 0.3) is 11.4 Å². The van der Waals surface area contributed by atoms with Crippen molar-refractivity contribution in [2.75, 3.05) is 19.7 Å². The number of aliphatic hydroxyl groups excluding tert-OH is 2. The molecule has 2 aliphatic heterocycles. The summed E-state index contributed by atoms with van der Waals surface area (Å²) in [6.07, 6.45) is -0.194. The molecule has 3 heterocycles. The highest BCUT2D eigenvalue weighted by Crippen LogP contribution is 2.35. The van der Waals surface area contributed by atoms with Crippen LogP contribution in [0.15, 0.2) is 24.3 Å². The lowest BCUT2D eigenvalue weighted by Crippen LogP contribution is -2.60. The van der Waals surface area contributed by atoms with E-state index in [2.05, 4.69) is 15.4 Å². The Bertz CT molecular complexity index is 813. The minimum absolute atomic E-state index is 0.0608. The Morgan fingerprint density at radius 3 is 2.56 bits per heavy atom. The second-order valence-corrected chi connectivity index (χ2v) is 7.19. The average molecular weight is 373 g/mol. The van der Waals surface area contributed by atoms with Gasteiger partial charge in [0, 0.05) is 24.2 Å². The molecule has 1 aromatic carbocycles. The lowest BCUT2D eigenvalue weighted by Gasteiger charge is -2.48. The summed E-state index contributed by atoms with van der Waals surface area (Å²) < 4.78 is 5.82. The zero-order valence-corrected chi connectivity index (χ0v) is 15.2. The number of likely N-dealkylation sites (tertiary alicyclic amines) is 1. The van der Waals surface area contributed by atoms with Crippen molar-refractivity contribution in [2.45, 2.75) is 37.1 Å². The Morgan fingerprint density at radius 1 is 1.22 bits per heavy atom. The van der Waals surface area contributed by atoms with Gasteiger partial charge in [0.05, 0.1) is 25.4 Å². The molecular weight excluding hydrogens is 350 g/mol. The Kier molecular flexibility index (Phi) is 4.67. The summed E-state index contributed by atoms with van der Waals surface area (Å²) in [5.74, 6) is 0.452. The van der Waals surface area contributed by atoms with Crippen LogP contribution in [-0.2, 0) is 11.8 Å². The maximum absolute atomic E-state index is 12.8. The SMILES string of the molecule is Cn1nnc(-c2ccc(C(=O)N3CCC4(CC3)OCC[C@H](O)[C@@H]4O)cc2)n1. The van der Waals surface area contributed by atoms with Crippen molar-refractivity contribution in [3.63, 3.8) is 0 Å². The van der Waals surface area contributed by atoms with Gasteiger partial charge in [-0.25, -0.2) is 0 Å². The minimum atomic E-state index is -0.901. The van der Waals surface area contributed by atoms with Crippen LogP contribution in [0.2, 0.25) is 0 Å². The molecule has 0 aliphatic carbocycles. The summed E-state index contributed by atoms with van der Waals surface area (Å²) in [7, 11) is 1.70. The molecule has 0 unspecified atom stereocenters. The Balaban J connectivity index is 1.42. The molecule has 2 fully saturated rings. The predicted molar refractivity (Wildman–Crippen MR) is 94.7 cm³/mol. The smallest absolute Gasteiger partial charge is 0.253 e. The number of aromatic nitrogens is 4. The zero-order valence-electron chi connectivity index (χ0n) is 15.2. The fourth-order valence-corrected chi connectivity index (χ4v) is 3.85. The number of hydrogen-bond donors (Lipinski definition) is 2. The molecule has 9 nitrogen and oxygen atoms in total. The van der Waals surface area contributed by atoms with E-state index in [1.54, 1.807) is 36.2 Å². The van der Waals surface area contributed by atoms with E-state index in [1.807, 2.05) is 0 Å². The highest BCUT2D eigenvalue weighted by atomic mass is 16.5. The average Bonchev–Trinajstić information content (AvgIpc) is 3.13. The summed E-state index contributed by atoms with van der Waals surface area (Å²) in [5.41, 5.74) is 0.643. The predicted octanol–water partition coefficient (Wildman–Crippen LogP) is -0.00600. The van der Waals surface area contributed by atoms with Gasteiger partial charge in [0.2, 0.25) is 5.82 Å². The minimum Gasteiger partial charge on any atom is -0.390 e. The monoisotopic (exact) mass is 373 g/mol. The third kappa shape index (κ3) is 3.33. The normalized spacial score (nSPS) is 24.9. The summed E-state index contributed by atoms with van der Waals surface area (Å²) >= 11 is 0. The molecule has 1 amide bonds. The van der Waals surface area contributed by atoms with Gasteiger partial charge in [0.25, 0.3) is 5.91 Å². The molecule has 4 rings (SSSR count). The fraction of sp³-hybridized carbons (Fsp3) is 0.556. The number of rotatable bonds is 2. The third-order valence-corrected chi connectivity index (χ3v) is 5.50. The summed E-state index contributed by atoms with van der Waals surface area (Å²) in [5, 5.41) is 32.2. The number of tetrazole rings is 1. The highest BCUT2D eigenvalue weighted by Gasteiger charge is 2.48. The fourth-order valence-electron chi connectivity index (χ4n) is 3.85. The molecule has 2 aliphatic rings. The zero-order chi connectivity index (χ0) is 19.0. The molecule has 9 heteroatoms. The molecule has 1 aromatic heterocycles. The third-order valence-electron chi connectivity index (χ3n) is 5.50. The number of benzene rings is 1. The van der Waals surface area contributed by atoms with Gasteiger partial charge < -0.3 is 19.8 Å². The summed E-state index contributed by atoms with van der Waals surface area (Å²) in [6, 6.07) is 7.13. The van der Waals surface area contributed by atoms with Crippen LogP contribution in [0.3, 0.4) is 0 Å². The molecule has 2 saturated heterocycles. The largest absolute Gasteiger partial charge is 0.390 e. The van der Waals surface area contributed by atoms with E-state index in [1.165, 1.54) is 4.80 Å². The van der Waals surface area contributed by atoms with Crippen LogP contribution < -0.4 is 0 Å². The van der Waals surface area contributed by atoms with E-state index in [4.69, 9.17) is 4.74 Å². The molecule has 2 aromatic rings. The van der Waals surface area contributed by atoms with E-state index < -0.39 is 17.8 Å². The van der Waals surface area contributed by atoms with Gasteiger partial charge in [-0.2, -0.15) is 4.80 Å². The Labute approximate surface area is 156 Å². The molecule has 144 valence electrons. The van der Waals surface area contributed by atoms with Gasteiger partial charge in [-0.15, -0.1) is 10.2 Å². The maximum Gasteiger partial charge on any atom is 0.253 e. The summed E-state index contributed by atoms with van der Waals surface area (Å²) in [6.45, 7) is 1.40. The van der Waals surface area contributed by atoms with Gasteiger partial charge in [-0.05, 0) is 36.6 Å². The van der Waals surface area contributed by atoms with Gasteiger partial charge >= 0.3 is 0 Å². The summed E-state index contributed by atoms with van der Waals surface area (Å²) in [4.78, 5) is 15.9. The topological polar surface area (TPSA) is 114 Å². The van der Waals surface area contributed by atoms with E-state index in [9.17, 15) is 15.0 Å². The second-order valence-electron chi connectivity index (χ2n) is 7.19. The van der Waals surface area contributed by atoms with Crippen LogP contribution >= 0.6 is 0 Å². The number of carbonyl (C=O) groups is 1. The molecule has 2 N–H and O–H groups in total. The van der Waals surface area contributed by atoms with Gasteiger partial charge in [0.15, 0.2) is 0 Å². The van der Waals surface area contributed by atoms with Gasteiger partial charge in [-0.3, -0.25) is 4.79 Å². The molecular formula is C18H23N5O4. The lowest BCUT2D eigenvalue weighted by atomic mass is 9.80. The second kappa shape index (κ2) is 6.99. The van der Waals surface area contributed by atoms with Gasteiger partial charge in [0.1, 0.15) is 6.10 Å². The van der Waals surface area contributed by atoms with Crippen LogP contribution in [-0.4, -0.2) is 78.7 Å². The number of aryl methyl sites for hydroxylation is 1. The molecule has 2 atom stereocenters. The maximum atomic E-state index is 12.8. The first-order chi connectivity index (χ1) is 13.0. The molecule has 0 radical (unpaired) electrons. The van der Waals surface area contributed by atoms with Crippen molar-refractivity contribution >= 4 is 5.91 Å². The Morgan fingerprint density at radius 2 is 1.93 bits per heavy atom. The first-order valence-electron chi connectivity index (χ1n) is 9.12. The number of piperidine rings is 1. The van der Waals surface area contributed by atoms with Crippen LogP contribution in [0.5, 0.6) is 0 Å². The van der Waals surface area contributed by atoms with Crippen molar-refractivity contribution in [1.29, 1.82) is 0 Å². The van der Waals surface area contributed by atoms with Crippen molar-refractivity contribution in [3.05, 3.63) is 29.8 Å². The quantitative estimate of drug-likeness (QED) is 0.761. The van der Waals surface area contributed by atoms with Crippen LogP contribution in [0.4, 0.5) is 0 Å². The number of nitrogens with zero attached hydrogens (tertiary/aromatic N) is 5. The molecule has 1 spiro atoms. The number of carbonyl (C=O) groups excluding carboxylic acids is 1. The molecule has 27 heavy (non-hydrogen) atoms. The highest BCUT2D eigenvalue weighted by molar-refractivity contribution is 5.94. The number of ether oxygens (including phenoxy) is 1. The van der Waals surface area contributed by atoms with E-state index in [0.29, 0.717) is 50.3 Å². The van der Waals surface area contributed by atoms with Crippen molar-refractivity contribution in [2.24, 2.45) is 7.05 Å². The lowest BCUT2D eigenvalue weighted by molar-refractivity contribution is -0.212. The van der Waals surface area contributed by atoms with E-state index in [-0.39, 0.29) is 5.91 Å². The van der Waals surface area contributed by atoms with Crippen LogP contribution in [0, 0.1) is 0 Å². The van der Waals surface area contributed by atoms with Gasteiger partial charge in [-0.1, -0.05) is 12.1 Å². The standard InChI is InChI=1S/C18H23N5O4/c1-22-20-16(19-21-22)12-2-4-13(5-3-12)17(26)23-9-7-18(8-10-23)15(25)14(24)6-11-27-18/h2-5,14-15,24-25H,6-11H2,1H3/t14-,15-/m0/s1. The number of amides is 1.